The number of aliphatic imine (C=N–C) groups is 1. The third-order valence-electron chi connectivity index (χ3n) is 5.68. The first-order chi connectivity index (χ1) is 13.8. The van der Waals surface area contributed by atoms with Gasteiger partial charge in [-0.25, -0.2) is 8.60 Å². The zero-order valence-corrected chi connectivity index (χ0v) is 17.2. The highest BCUT2D eigenvalue weighted by Gasteiger charge is 2.44. The van der Waals surface area contributed by atoms with Crippen LogP contribution in [0.3, 0.4) is 0 Å². The predicted molar refractivity (Wildman–Crippen MR) is 115 cm³/mol. The Morgan fingerprint density at radius 2 is 1.83 bits per heavy atom. The van der Waals surface area contributed by atoms with Gasteiger partial charge < -0.3 is 5.73 Å². The monoisotopic (exact) mass is 416 g/mol. The normalized spacial score (nSPS) is 24.5. The number of primary amides is 1. The summed E-state index contributed by atoms with van der Waals surface area (Å²) in [5.74, 6) is -0.790. The van der Waals surface area contributed by atoms with Crippen molar-refractivity contribution in [3.63, 3.8) is 0 Å². The smallest absolute Gasteiger partial charge is 0.250 e. The topological polar surface area (TPSA) is 79.0 Å². The lowest BCUT2D eigenvalue weighted by Crippen LogP contribution is -2.57. The second kappa shape index (κ2) is 7.26. The van der Waals surface area contributed by atoms with Crippen LogP contribution in [0.1, 0.15) is 35.7 Å². The van der Waals surface area contributed by atoms with Crippen LogP contribution in [-0.4, -0.2) is 39.6 Å². The summed E-state index contributed by atoms with van der Waals surface area (Å²) in [5, 5.41) is 0. The first kappa shape index (κ1) is 19.6. The van der Waals surface area contributed by atoms with Crippen molar-refractivity contribution < 1.29 is 13.4 Å². The highest BCUT2D eigenvalue weighted by Crippen LogP contribution is 2.40. The molecule has 1 saturated heterocycles. The molecule has 1 atom stereocenters. The Kier molecular flexibility index (Phi) is 4.90. The largest absolute Gasteiger partial charge is 0.366 e. The second-order valence-corrected chi connectivity index (χ2v) is 10.3. The molecule has 0 unspecified atom stereocenters. The number of nitrogens with zero attached hydrogens (tertiary/aromatic N) is 3. The number of carbonyl (C=O) groups is 1. The van der Waals surface area contributed by atoms with Crippen molar-refractivity contribution in [1.82, 2.24) is 4.31 Å². The molecule has 0 spiro atoms. The van der Waals surface area contributed by atoms with E-state index < -0.39 is 21.8 Å². The number of amides is 1. The summed E-state index contributed by atoms with van der Waals surface area (Å²) < 4.78 is 32.7. The Morgan fingerprint density at radius 1 is 1.14 bits per heavy atom. The van der Waals surface area contributed by atoms with Crippen LogP contribution in [0.15, 0.2) is 53.5 Å². The minimum absolute atomic E-state index is 0.143. The zero-order chi connectivity index (χ0) is 20.6. The molecular formula is C21H25FN4O2S. The quantitative estimate of drug-likeness (QED) is 0.755. The zero-order valence-electron chi connectivity index (χ0n) is 16.3. The summed E-state index contributed by atoms with van der Waals surface area (Å²) in [6, 6.07) is 13.4. The summed E-state index contributed by atoms with van der Waals surface area (Å²) in [6.07, 6.45) is 3.27. The van der Waals surface area contributed by atoms with Gasteiger partial charge in [-0.1, -0.05) is 30.3 Å². The summed E-state index contributed by atoms with van der Waals surface area (Å²) in [6.45, 7) is 2.94. The van der Waals surface area contributed by atoms with Crippen LogP contribution in [0, 0.1) is 5.82 Å². The van der Waals surface area contributed by atoms with Gasteiger partial charge in [0.05, 0.1) is 23.3 Å². The van der Waals surface area contributed by atoms with Crippen molar-refractivity contribution in [1.29, 1.82) is 0 Å². The minimum atomic E-state index is -3.22. The van der Waals surface area contributed by atoms with Gasteiger partial charge in [-0.15, -0.1) is 0 Å². The van der Waals surface area contributed by atoms with Crippen LogP contribution in [0.2, 0.25) is 0 Å². The molecule has 29 heavy (non-hydrogen) atoms. The highest BCUT2D eigenvalue weighted by molar-refractivity contribution is 8.02. The summed E-state index contributed by atoms with van der Waals surface area (Å²) in [4.78, 5) is 16.6. The molecule has 1 fully saturated rings. The van der Waals surface area contributed by atoms with Gasteiger partial charge in [-0.05, 0) is 38.0 Å². The molecular weight excluding hydrogens is 391 g/mol. The first-order valence-corrected chi connectivity index (χ1v) is 11.5. The van der Waals surface area contributed by atoms with Crippen LogP contribution in [-0.2, 0) is 15.8 Å². The summed E-state index contributed by atoms with van der Waals surface area (Å²) in [7, 11) is -3.22. The average Bonchev–Trinajstić information content (AvgIpc) is 2.86. The van der Waals surface area contributed by atoms with Crippen LogP contribution in [0.25, 0.3) is 0 Å². The molecule has 0 radical (unpaired) electrons. The van der Waals surface area contributed by atoms with Crippen molar-refractivity contribution in [3.8, 4) is 0 Å². The number of halogens is 1. The molecule has 6 nitrogen and oxygen atoms in total. The number of nitrogens with two attached hydrogens (primary N) is 1. The van der Waals surface area contributed by atoms with Gasteiger partial charge >= 0.3 is 0 Å². The Bertz CT molecular complexity index is 1030. The summed E-state index contributed by atoms with van der Waals surface area (Å²) >= 11 is 0. The van der Waals surface area contributed by atoms with E-state index in [9.17, 15) is 13.4 Å². The van der Waals surface area contributed by atoms with Gasteiger partial charge in [0.25, 0.3) is 5.91 Å². The Morgan fingerprint density at radius 3 is 2.59 bits per heavy atom. The van der Waals surface area contributed by atoms with Crippen LogP contribution < -0.4 is 10.0 Å². The van der Waals surface area contributed by atoms with Crippen molar-refractivity contribution in [2.75, 3.05) is 23.1 Å². The maximum absolute atomic E-state index is 14.6. The van der Waals surface area contributed by atoms with Gasteiger partial charge in [0.1, 0.15) is 11.4 Å². The van der Waals surface area contributed by atoms with Crippen molar-refractivity contribution in [2.45, 2.75) is 25.3 Å². The number of anilines is 1. The molecule has 0 aromatic heterocycles. The van der Waals surface area contributed by atoms with Gasteiger partial charge in [0.2, 0.25) is 0 Å². The van der Waals surface area contributed by atoms with E-state index in [1.54, 1.807) is 53.1 Å². The van der Waals surface area contributed by atoms with Gasteiger partial charge in [0, 0.05) is 29.0 Å². The Labute approximate surface area is 170 Å². The van der Waals surface area contributed by atoms with E-state index in [0.717, 1.165) is 12.8 Å². The van der Waals surface area contributed by atoms with Crippen molar-refractivity contribution >= 4 is 28.2 Å². The van der Waals surface area contributed by atoms with E-state index in [-0.39, 0.29) is 11.6 Å². The Hall–Kier alpha value is -2.74. The number of rotatable bonds is 3. The van der Waals surface area contributed by atoms with Crippen molar-refractivity contribution in [3.05, 3.63) is 65.5 Å². The molecule has 1 amide bonds. The fourth-order valence-corrected chi connectivity index (χ4v) is 7.50. The fourth-order valence-electron chi connectivity index (χ4n) is 4.19. The van der Waals surface area contributed by atoms with E-state index in [1.165, 1.54) is 6.07 Å². The van der Waals surface area contributed by atoms with Crippen LogP contribution >= 0.6 is 0 Å². The molecule has 0 saturated carbocycles. The number of carbonyl (C=O) groups excluding carboxylic acids is 1. The molecule has 0 aliphatic carbocycles. The maximum atomic E-state index is 14.6. The number of hydrogen-bond acceptors (Lipinski definition) is 3. The molecule has 2 aromatic rings. The van der Waals surface area contributed by atoms with Crippen LogP contribution in [0.5, 0.6) is 0 Å². The number of thiol groups is 1. The molecule has 154 valence electrons. The molecule has 2 N–H and O–H groups in total. The summed E-state index contributed by atoms with van der Waals surface area (Å²) in [5.41, 5.74) is 5.93. The lowest BCUT2D eigenvalue weighted by atomic mass is 9.94. The van der Waals surface area contributed by atoms with E-state index in [2.05, 4.69) is 4.99 Å². The minimum Gasteiger partial charge on any atom is -0.366 e. The SMILES string of the molecule is C[C@@]1(c2ccccc2F)C[SH]2(=O)N(C=N1)CCCCN2c1ccccc1C(N)=O. The van der Waals surface area contributed by atoms with Gasteiger partial charge in [0.15, 0.2) is 0 Å². The lowest BCUT2D eigenvalue weighted by molar-refractivity contribution is 0.100. The third kappa shape index (κ3) is 3.31. The number of para-hydroxylation sites is 1. The molecule has 2 aliphatic heterocycles. The lowest BCUT2D eigenvalue weighted by Gasteiger charge is -2.49. The molecule has 2 heterocycles. The Balaban J connectivity index is 1.84. The predicted octanol–water partition coefficient (Wildman–Crippen LogP) is 2.63. The fraction of sp³-hybridized carbons (Fsp3) is 0.333. The second-order valence-electron chi connectivity index (χ2n) is 7.70. The standard InChI is InChI=1S/C21H25FN4O2S/c1-21(17-9-3-4-10-18(17)22)14-29(28)25(15-24-21)12-6-7-13-26(29)19-11-5-2-8-16(19)20(23)27/h2-5,8-11,15,29H,6-7,12-14H2,1H3,(H2,23,27)/t21-/m0/s1. The van der Waals surface area contributed by atoms with E-state index >= 15 is 0 Å². The van der Waals surface area contributed by atoms with Gasteiger partial charge in [-0.2, -0.15) is 0 Å². The highest BCUT2D eigenvalue weighted by atomic mass is 32.3. The number of fused-ring (bicyclic) bond motifs is 1. The van der Waals surface area contributed by atoms with Crippen molar-refractivity contribution in [2.24, 2.45) is 10.7 Å². The molecule has 2 aromatic carbocycles. The molecule has 2 aliphatic rings. The maximum Gasteiger partial charge on any atom is 0.250 e. The van der Waals surface area contributed by atoms with Crippen LogP contribution in [0.4, 0.5) is 10.1 Å². The molecule has 8 heteroatoms. The number of benzene rings is 2. The van der Waals surface area contributed by atoms with E-state index in [0.29, 0.717) is 29.9 Å². The molecule has 4 rings (SSSR count). The first-order valence-electron chi connectivity index (χ1n) is 9.68. The molecule has 0 bridgehead atoms. The average molecular weight is 417 g/mol. The van der Waals surface area contributed by atoms with E-state index in [1.807, 2.05) is 11.2 Å². The van der Waals surface area contributed by atoms with Gasteiger partial charge in [-0.3, -0.25) is 18.4 Å². The number of hydrogen-bond donors (Lipinski definition) is 2. The third-order valence-corrected chi connectivity index (χ3v) is 8.98. The van der Waals surface area contributed by atoms with E-state index in [4.69, 9.17) is 5.73 Å².